The second-order valence-electron chi connectivity index (χ2n) is 4.58. The average Bonchev–Trinajstić information content (AvgIpc) is 2.87. The summed E-state index contributed by atoms with van der Waals surface area (Å²) in [5, 5.41) is 3.03. The summed E-state index contributed by atoms with van der Waals surface area (Å²) < 4.78 is 5.17. The minimum Gasteiger partial charge on any atom is -0.459 e. The molecule has 1 amide bonds. The van der Waals surface area contributed by atoms with Crippen LogP contribution in [-0.2, 0) is 0 Å². The molecule has 16 heavy (non-hydrogen) atoms. The first-order chi connectivity index (χ1) is 7.67. The highest BCUT2D eigenvalue weighted by Gasteiger charge is 2.34. The summed E-state index contributed by atoms with van der Waals surface area (Å²) in [4.78, 5) is 12.0. The second-order valence-corrected chi connectivity index (χ2v) is 4.58. The summed E-state index contributed by atoms with van der Waals surface area (Å²) in [7, 11) is 0. The number of hydrogen-bond acceptors (Lipinski definition) is 3. The summed E-state index contributed by atoms with van der Waals surface area (Å²) in [5.74, 6) is 0.259. The van der Waals surface area contributed by atoms with Gasteiger partial charge in [-0.25, -0.2) is 0 Å². The molecule has 0 saturated heterocycles. The first kappa shape index (κ1) is 11.2. The lowest BCUT2D eigenvalue weighted by Gasteiger charge is -2.28. The minimum atomic E-state index is -0.212. The first-order valence-corrected chi connectivity index (χ1v) is 5.73. The number of carbonyl (C=O) groups excluding carboxylic acids is 1. The topological polar surface area (TPSA) is 68.3 Å². The van der Waals surface area contributed by atoms with Crippen LogP contribution in [0.25, 0.3) is 0 Å². The number of nitrogens with two attached hydrogens (primary N) is 1. The van der Waals surface area contributed by atoms with Crippen LogP contribution in [0.2, 0.25) is 0 Å². The van der Waals surface area contributed by atoms with Crippen molar-refractivity contribution in [2.45, 2.75) is 38.1 Å². The molecule has 0 aromatic carbocycles. The van der Waals surface area contributed by atoms with Gasteiger partial charge in [0.1, 0.15) is 0 Å². The normalized spacial score (nSPS) is 18.6. The number of rotatable bonds is 3. The van der Waals surface area contributed by atoms with Gasteiger partial charge in [0.15, 0.2) is 5.76 Å². The highest BCUT2D eigenvalue weighted by Crippen LogP contribution is 2.29. The molecule has 1 aromatic rings. The standard InChI is InChI=1S/C12H18N2O2/c1-9-4-7-16-10(9)11(15)14-12(8-13)5-2-3-6-12/h4,7H,2-3,5-6,8,13H2,1H3,(H,14,15). The van der Waals surface area contributed by atoms with E-state index in [2.05, 4.69) is 5.32 Å². The summed E-state index contributed by atoms with van der Waals surface area (Å²) in [6, 6.07) is 1.79. The molecule has 0 aliphatic heterocycles. The minimum absolute atomic E-state index is 0.144. The van der Waals surface area contributed by atoms with Crippen LogP contribution >= 0.6 is 0 Å². The van der Waals surface area contributed by atoms with E-state index in [-0.39, 0.29) is 11.4 Å². The molecule has 0 spiro atoms. The molecule has 3 N–H and O–H groups in total. The summed E-state index contributed by atoms with van der Waals surface area (Å²) in [5.41, 5.74) is 6.41. The van der Waals surface area contributed by atoms with Crippen molar-refractivity contribution in [3.05, 3.63) is 23.7 Å². The van der Waals surface area contributed by atoms with Crippen LogP contribution in [0.5, 0.6) is 0 Å². The lowest BCUT2D eigenvalue weighted by molar-refractivity contribution is 0.0873. The molecule has 0 radical (unpaired) electrons. The molecule has 1 aromatic heterocycles. The summed E-state index contributed by atoms with van der Waals surface area (Å²) in [6.07, 6.45) is 5.74. The fourth-order valence-electron chi connectivity index (χ4n) is 2.33. The predicted octanol–water partition coefficient (Wildman–Crippen LogP) is 1.59. The third kappa shape index (κ3) is 1.97. The number of furan rings is 1. The molecule has 0 unspecified atom stereocenters. The zero-order chi connectivity index (χ0) is 11.6. The van der Waals surface area contributed by atoms with E-state index < -0.39 is 0 Å². The van der Waals surface area contributed by atoms with Gasteiger partial charge in [-0.15, -0.1) is 0 Å². The van der Waals surface area contributed by atoms with Crippen LogP contribution in [0.15, 0.2) is 16.7 Å². The third-order valence-electron chi connectivity index (χ3n) is 3.40. The molecule has 1 saturated carbocycles. The van der Waals surface area contributed by atoms with E-state index in [0.29, 0.717) is 12.3 Å². The highest BCUT2D eigenvalue weighted by atomic mass is 16.3. The van der Waals surface area contributed by atoms with E-state index in [1.807, 2.05) is 6.92 Å². The highest BCUT2D eigenvalue weighted by molar-refractivity contribution is 5.93. The maximum absolute atomic E-state index is 12.0. The Morgan fingerprint density at radius 2 is 2.25 bits per heavy atom. The molecule has 1 fully saturated rings. The van der Waals surface area contributed by atoms with Crippen LogP contribution in [0.3, 0.4) is 0 Å². The zero-order valence-electron chi connectivity index (χ0n) is 9.58. The number of aryl methyl sites for hydroxylation is 1. The lowest BCUT2D eigenvalue weighted by Crippen LogP contribution is -2.51. The van der Waals surface area contributed by atoms with Crippen molar-refractivity contribution in [3.8, 4) is 0 Å². The van der Waals surface area contributed by atoms with Gasteiger partial charge in [-0.1, -0.05) is 12.8 Å². The maximum Gasteiger partial charge on any atom is 0.287 e. The summed E-state index contributed by atoms with van der Waals surface area (Å²) in [6.45, 7) is 2.36. The lowest BCUT2D eigenvalue weighted by atomic mass is 9.97. The van der Waals surface area contributed by atoms with Crippen molar-refractivity contribution in [2.24, 2.45) is 5.73 Å². The number of nitrogens with one attached hydrogen (secondary N) is 1. The molecular weight excluding hydrogens is 204 g/mol. The molecule has 4 nitrogen and oxygen atoms in total. The SMILES string of the molecule is Cc1ccoc1C(=O)NC1(CN)CCCC1. The molecule has 1 aliphatic rings. The van der Waals surface area contributed by atoms with Gasteiger partial charge < -0.3 is 15.5 Å². The Bertz CT molecular complexity index is 378. The first-order valence-electron chi connectivity index (χ1n) is 5.73. The van der Waals surface area contributed by atoms with E-state index in [1.165, 1.54) is 6.26 Å². The Labute approximate surface area is 95.2 Å². The maximum atomic E-state index is 12.0. The number of amides is 1. The van der Waals surface area contributed by atoms with E-state index in [0.717, 1.165) is 31.2 Å². The molecular formula is C12H18N2O2. The van der Waals surface area contributed by atoms with E-state index in [1.54, 1.807) is 6.07 Å². The summed E-state index contributed by atoms with van der Waals surface area (Å²) >= 11 is 0. The Hall–Kier alpha value is -1.29. The van der Waals surface area contributed by atoms with Gasteiger partial charge >= 0.3 is 0 Å². The van der Waals surface area contributed by atoms with Crippen LogP contribution in [0.4, 0.5) is 0 Å². The molecule has 2 rings (SSSR count). The van der Waals surface area contributed by atoms with E-state index in [9.17, 15) is 4.79 Å². The fraction of sp³-hybridized carbons (Fsp3) is 0.583. The van der Waals surface area contributed by atoms with E-state index in [4.69, 9.17) is 10.2 Å². The molecule has 0 bridgehead atoms. The Morgan fingerprint density at radius 1 is 1.56 bits per heavy atom. The Morgan fingerprint density at radius 3 is 2.75 bits per heavy atom. The van der Waals surface area contributed by atoms with E-state index >= 15 is 0 Å². The van der Waals surface area contributed by atoms with Crippen LogP contribution in [-0.4, -0.2) is 18.0 Å². The largest absolute Gasteiger partial charge is 0.459 e. The van der Waals surface area contributed by atoms with Crippen molar-refractivity contribution in [1.82, 2.24) is 5.32 Å². The number of carbonyl (C=O) groups is 1. The van der Waals surface area contributed by atoms with Crippen molar-refractivity contribution in [3.63, 3.8) is 0 Å². The van der Waals surface area contributed by atoms with Crippen molar-refractivity contribution >= 4 is 5.91 Å². The Balaban J connectivity index is 2.09. The molecule has 88 valence electrons. The van der Waals surface area contributed by atoms with Gasteiger partial charge in [0.05, 0.1) is 11.8 Å². The van der Waals surface area contributed by atoms with Crippen LogP contribution < -0.4 is 11.1 Å². The molecule has 0 atom stereocenters. The van der Waals surface area contributed by atoms with Gasteiger partial charge in [-0.05, 0) is 25.8 Å². The van der Waals surface area contributed by atoms with Crippen molar-refractivity contribution < 1.29 is 9.21 Å². The predicted molar refractivity (Wildman–Crippen MR) is 61.2 cm³/mol. The smallest absolute Gasteiger partial charge is 0.287 e. The van der Waals surface area contributed by atoms with Crippen molar-refractivity contribution in [1.29, 1.82) is 0 Å². The fourth-order valence-corrected chi connectivity index (χ4v) is 2.33. The third-order valence-corrected chi connectivity index (χ3v) is 3.40. The van der Waals surface area contributed by atoms with Gasteiger partial charge in [-0.3, -0.25) is 4.79 Å². The van der Waals surface area contributed by atoms with Crippen LogP contribution in [0, 0.1) is 6.92 Å². The van der Waals surface area contributed by atoms with Crippen LogP contribution in [0.1, 0.15) is 41.8 Å². The van der Waals surface area contributed by atoms with Crippen molar-refractivity contribution in [2.75, 3.05) is 6.54 Å². The monoisotopic (exact) mass is 222 g/mol. The van der Waals surface area contributed by atoms with Gasteiger partial charge in [0, 0.05) is 12.1 Å². The van der Waals surface area contributed by atoms with Gasteiger partial charge in [0.2, 0.25) is 0 Å². The van der Waals surface area contributed by atoms with Gasteiger partial charge in [0.25, 0.3) is 5.91 Å². The van der Waals surface area contributed by atoms with Gasteiger partial charge in [-0.2, -0.15) is 0 Å². The Kier molecular flexibility index (Phi) is 3.01. The average molecular weight is 222 g/mol. The molecule has 1 heterocycles. The second kappa shape index (κ2) is 4.29. The quantitative estimate of drug-likeness (QED) is 0.816. The molecule has 4 heteroatoms. The zero-order valence-corrected chi connectivity index (χ0v) is 9.58. The number of hydrogen-bond donors (Lipinski definition) is 2. The molecule has 1 aliphatic carbocycles.